The summed E-state index contributed by atoms with van der Waals surface area (Å²) in [4.78, 5) is 14.8. The quantitative estimate of drug-likeness (QED) is 0.502. The van der Waals surface area contributed by atoms with Crippen LogP contribution in [-0.4, -0.2) is 21.8 Å². The summed E-state index contributed by atoms with van der Waals surface area (Å²) in [5.41, 5.74) is 0.250. The van der Waals surface area contributed by atoms with E-state index in [1.807, 2.05) is 0 Å². The van der Waals surface area contributed by atoms with E-state index in [0.29, 0.717) is 0 Å². The Hall–Kier alpha value is -1.03. The molecule has 0 saturated carbocycles. The third-order valence-electron chi connectivity index (χ3n) is 2.98. The van der Waals surface area contributed by atoms with Crippen LogP contribution in [0.5, 0.6) is 0 Å². The Morgan fingerprint density at radius 2 is 1.84 bits per heavy atom. The minimum absolute atomic E-state index is 0.250. The van der Waals surface area contributed by atoms with Crippen molar-refractivity contribution in [2.45, 2.75) is 56.9 Å². The van der Waals surface area contributed by atoms with Crippen LogP contribution in [-0.2, 0) is 0 Å². The molecule has 1 rings (SSSR count). The second kappa shape index (κ2) is 9.84. The van der Waals surface area contributed by atoms with Gasteiger partial charge in [0.25, 0.3) is 0 Å². The van der Waals surface area contributed by atoms with Crippen molar-refractivity contribution in [3.8, 4) is 0 Å². The molecule has 0 bridgehead atoms. The first-order valence-electron chi connectivity index (χ1n) is 7.06. The summed E-state index contributed by atoms with van der Waals surface area (Å²) in [5.74, 6) is 0.142. The molecule has 0 aliphatic rings. The van der Waals surface area contributed by atoms with Crippen molar-refractivity contribution in [3.05, 3.63) is 23.9 Å². The number of carboxylic acids is 1. The average Bonchev–Trinajstić information content (AvgIpc) is 2.42. The molecule has 0 amide bonds. The molecular weight excluding hydrogens is 258 g/mol. The number of unbranched alkanes of at least 4 members (excludes halogenated alkanes) is 6. The monoisotopic (exact) mass is 281 g/mol. The topological polar surface area (TPSA) is 50.2 Å². The van der Waals surface area contributed by atoms with Gasteiger partial charge in [-0.05, 0) is 24.3 Å². The van der Waals surface area contributed by atoms with Crippen molar-refractivity contribution in [1.29, 1.82) is 0 Å². The number of rotatable bonds is 10. The van der Waals surface area contributed by atoms with Gasteiger partial charge in [-0.2, -0.15) is 0 Å². The molecule has 0 fully saturated rings. The number of hydrogen-bond donors (Lipinski definition) is 1. The van der Waals surface area contributed by atoms with Crippen molar-refractivity contribution in [2.24, 2.45) is 0 Å². The normalized spacial score (nSPS) is 10.6. The maximum absolute atomic E-state index is 10.7. The van der Waals surface area contributed by atoms with Gasteiger partial charge in [-0.15, -0.1) is 11.8 Å². The van der Waals surface area contributed by atoms with Gasteiger partial charge in [-0.3, -0.25) is 0 Å². The predicted molar refractivity (Wildman–Crippen MR) is 79.9 cm³/mol. The summed E-state index contributed by atoms with van der Waals surface area (Å²) >= 11 is 1.71. The zero-order valence-corrected chi connectivity index (χ0v) is 12.4. The smallest absolute Gasteiger partial charge is 0.337 e. The minimum Gasteiger partial charge on any atom is -0.478 e. The van der Waals surface area contributed by atoms with Crippen LogP contribution in [0.25, 0.3) is 0 Å². The van der Waals surface area contributed by atoms with E-state index >= 15 is 0 Å². The zero-order chi connectivity index (χ0) is 13.9. The molecule has 0 atom stereocenters. The van der Waals surface area contributed by atoms with Crippen LogP contribution in [0.1, 0.15) is 62.2 Å². The number of aromatic carboxylic acids is 1. The molecule has 0 saturated heterocycles. The van der Waals surface area contributed by atoms with Crippen LogP contribution in [0.2, 0.25) is 0 Å². The van der Waals surface area contributed by atoms with Gasteiger partial charge in [-0.1, -0.05) is 45.4 Å². The standard InChI is InChI=1S/C15H23NO2S/c1-2-3-4-5-6-7-8-11-19-14-10-9-13(12-16-14)15(17)18/h9-10,12H,2-8,11H2,1H3,(H,17,18). The SMILES string of the molecule is CCCCCCCCCSc1ccc(C(=O)O)cn1. The lowest BCUT2D eigenvalue weighted by Crippen LogP contribution is -1.96. The second-order valence-electron chi connectivity index (χ2n) is 4.66. The second-order valence-corrected chi connectivity index (χ2v) is 5.78. The lowest BCUT2D eigenvalue weighted by atomic mass is 10.1. The Labute approximate surface area is 119 Å². The van der Waals surface area contributed by atoms with E-state index in [1.54, 1.807) is 23.9 Å². The largest absolute Gasteiger partial charge is 0.478 e. The van der Waals surface area contributed by atoms with Gasteiger partial charge in [-0.25, -0.2) is 9.78 Å². The molecular formula is C15H23NO2S. The number of carbonyl (C=O) groups is 1. The number of hydrogen-bond acceptors (Lipinski definition) is 3. The van der Waals surface area contributed by atoms with Crippen molar-refractivity contribution >= 4 is 17.7 Å². The molecule has 0 unspecified atom stereocenters. The molecule has 1 aromatic rings. The van der Waals surface area contributed by atoms with Gasteiger partial charge < -0.3 is 5.11 Å². The summed E-state index contributed by atoms with van der Waals surface area (Å²) in [7, 11) is 0. The third kappa shape index (κ3) is 7.21. The van der Waals surface area contributed by atoms with Crippen molar-refractivity contribution < 1.29 is 9.90 Å². The van der Waals surface area contributed by atoms with Crippen LogP contribution in [0.4, 0.5) is 0 Å². The number of thioether (sulfide) groups is 1. The molecule has 0 spiro atoms. The molecule has 106 valence electrons. The van der Waals surface area contributed by atoms with E-state index in [0.717, 1.165) is 10.8 Å². The maximum atomic E-state index is 10.7. The Morgan fingerprint density at radius 1 is 1.16 bits per heavy atom. The fourth-order valence-electron chi connectivity index (χ4n) is 1.83. The first kappa shape index (κ1) is 16.0. The molecule has 0 aromatic carbocycles. The van der Waals surface area contributed by atoms with E-state index in [9.17, 15) is 4.79 Å². The predicted octanol–water partition coefficient (Wildman–Crippen LogP) is 4.62. The maximum Gasteiger partial charge on any atom is 0.337 e. The van der Waals surface area contributed by atoms with Gasteiger partial charge in [0.05, 0.1) is 10.6 Å². The molecule has 1 N–H and O–H groups in total. The highest BCUT2D eigenvalue weighted by molar-refractivity contribution is 7.99. The van der Waals surface area contributed by atoms with E-state index < -0.39 is 5.97 Å². The minimum atomic E-state index is -0.920. The van der Waals surface area contributed by atoms with Gasteiger partial charge in [0, 0.05) is 6.20 Å². The van der Waals surface area contributed by atoms with E-state index in [-0.39, 0.29) is 5.56 Å². The van der Waals surface area contributed by atoms with Crippen LogP contribution < -0.4 is 0 Å². The fraction of sp³-hybridized carbons (Fsp3) is 0.600. The molecule has 1 aromatic heterocycles. The first-order chi connectivity index (χ1) is 9.24. The van der Waals surface area contributed by atoms with Crippen molar-refractivity contribution in [3.63, 3.8) is 0 Å². The summed E-state index contributed by atoms with van der Waals surface area (Å²) in [6.45, 7) is 2.24. The molecule has 0 radical (unpaired) electrons. The molecule has 1 heterocycles. The van der Waals surface area contributed by atoms with Gasteiger partial charge >= 0.3 is 5.97 Å². The average molecular weight is 281 g/mol. The summed E-state index contributed by atoms with van der Waals surface area (Å²) in [6.07, 6.45) is 10.6. The van der Waals surface area contributed by atoms with Crippen LogP contribution in [0.3, 0.4) is 0 Å². The number of aromatic nitrogens is 1. The lowest BCUT2D eigenvalue weighted by Gasteiger charge is -2.02. The fourth-order valence-corrected chi connectivity index (χ4v) is 2.68. The first-order valence-corrected chi connectivity index (χ1v) is 8.04. The van der Waals surface area contributed by atoms with E-state index in [4.69, 9.17) is 5.11 Å². The van der Waals surface area contributed by atoms with Crippen LogP contribution in [0, 0.1) is 0 Å². The summed E-state index contributed by atoms with van der Waals surface area (Å²) < 4.78 is 0. The van der Waals surface area contributed by atoms with E-state index in [2.05, 4.69) is 11.9 Å². The third-order valence-corrected chi connectivity index (χ3v) is 4.01. The Bertz CT molecular complexity index is 365. The number of nitrogens with zero attached hydrogens (tertiary/aromatic N) is 1. The van der Waals surface area contributed by atoms with Gasteiger partial charge in [0.2, 0.25) is 0 Å². The highest BCUT2D eigenvalue weighted by Crippen LogP contribution is 2.18. The molecule has 0 aliphatic heterocycles. The molecule has 3 nitrogen and oxygen atoms in total. The van der Waals surface area contributed by atoms with Crippen LogP contribution >= 0.6 is 11.8 Å². The van der Waals surface area contributed by atoms with Crippen molar-refractivity contribution in [2.75, 3.05) is 5.75 Å². The van der Waals surface area contributed by atoms with E-state index in [1.165, 1.54) is 51.1 Å². The summed E-state index contributed by atoms with van der Waals surface area (Å²) in [5, 5.41) is 9.68. The zero-order valence-electron chi connectivity index (χ0n) is 11.6. The van der Waals surface area contributed by atoms with Gasteiger partial charge in [0.15, 0.2) is 0 Å². The Morgan fingerprint density at radius 3 is 2.42 bits per heavy atom. The van der Waals surface area contributed by atoms with Crippen molar-refractivity contribution in [1.82, 2.24) is 4.98 Å². The Kier molecular flexibility index (Phi) is 8.30. The van der Waals surface area contributed by atoms with Crippen LogP contribution in [0.15, 0.2) is 23.4 Å². The highest BCUT2D eigenvalue weighted by Gasteiger charge is 2.02. The number of carboxylic acid groups (broad SMARTS) is 1. The molecule has 4 heteroatoms. The summed E-state index contributed by atoms with van der Waals surface area (Å²) in [6, 6.07) is 3.40. The number of pyridine rings is 1. The molecule has 0 aliphatic carbocycles. The molecule has 19 heavy (non-hydrogen) atoms. The lowest BCUT2D eigenvalue weighted by molar-refractivity contribution is 0.0696. The van der Waals surface area contributed by atoms with Gasteiger partial charge in [0.1, 0.15) is 0 Å². The Balaban J connectivity index is 2.07. The highest BCUT2D eigenvalue weighted by atomic mass is 32.2.